The highest BCUT2D eigenvalue weighted by atomic mass is 32.2. The van der Waals surface area contributed by atoms with Gasteiger partial charge in [0, 0.05) is 30.5 Å². The van der Waals surface area contributed by atoms with Crippen LogP contribution in [0.25, 0.3) is 0 Å². The van der Waals surface area contributed by atoms with Crippen LogP contribution in [-0.4, -0.2) is 23.5 Å². The van der Waals surface area contributed by atoms with Gasteiger partial charge >= 0.3 is 0 Å². The van der Waals surface area contributed by atoms with Crippen LogP contribution in [0.15, 0.2) is 24.3 Å². The van der Waals surface area contributed by atoms with E-state index in [1.807, 2.05) is 13.0 Å². The van der Waals surface area contributed by atoms with E-state index in [9.17, 15) is 10.1 Å². The molecule has 0 saturated heterocycles. The Kier molecular flexibility index (Phi) is 5.28. The van der Waals surface area contributed by atoms with Crippen LogP contribution in [0.2, 0.25) is 0 Å². The van der Waals surface area contributed by atoms with Crippen LogP contribution in [-0.2, 0) is 0 Å². The van der Waals surface area contributed by atoms with E-state index in [-0.39, 0.29) is 16.7 Å². The van der Waals surface area contributed by atoms with E-state index in [1.165, 1.54) is 6.07 Å². The normalized spacial score (nSPS) is 12.4. The highest BCUT2D eigenvalue weighted by molar-refractivity contribution is 7.98. The highest BCUT2D eigenvalue weighted by Crippen LogP contribution is 2.18. The molecule has 1 rings (SSSR count). The minimum Gasteiger partial charge on any atom is -0.309 e. The molecule has 0 heterocycles. The monoisotopic (exact) mass is 240 g/mol. The Hall–Kier alpha value is -1.07. The molecule has 1 unspecified atom stereocenters. The molecule has 1 atom stereocenters. The molecule has 5 heteroatoms. The lowest BCUT2D eigenvalue weighted by atomic mass is 10.1. The van der Waals surface area contributed by atoms with Crippen molar-refractivity contribution < 1.29 is 4.92 Å². The number of nitro benzene ring substituents is 1. The number of non-ortho nitro benzene ring substituents is 1. The third kappa shape index (κ3) is 3.83. The van der Waals surface area contributed by atoms with Crippen LogP contribution < -0.4 is 5.32 Å². The fourth-order valence-corrected chi connectivity index (χ4v) is 1.73. The van der Waals surface area contributed by atoms with Crippen molar-refractivity contribution in [1.29, 1.82) is 0 Å². The van der Waals surface area contributed by atoms with E-state index >= 15 is 0 Å². The lowest BCUT2D eigenvalue weighted by Gasteiger charge is -2.13. The first-order valence-electron chi connectivity index (χ1n) is 5.12. The van der Waals surface area contributed by atoms with Crippen LogP contribution >= 0.6 is 11.8 Å². The summed E-state index contributed by atoms with van der Waals surface area (Å²) >= 11 is 1.78. The largest absolute Gasteiger partial charge is 0.309 e. The Morgan fingerprint density at radius 3 is 2.94 bits per heavy atom. The number of nitrogens with one attached hydrogen (secondary N) is 1. The lowest BCUT2D eigenvalue weighted by molar-refractivity contribution is -0.384. The standard InChI is InChI=1S/C11H16N2O2S/c1-9(12-6-7-16-2)10-4-3-5-11(8-10)13(14)15/h3-5,8-9,12H,6-7H2,1-2H3. The van der Waals surface area contributed by atoms with Gasteiger partial charge in [-0.1, -0.05) is 12.1 Å². The Bertz CT molecular complexity index is 358. The molecular formula is C11H16N2O2S. The number of hydrogen-bond donors (Lipinski definition) is 1. The van der Waals surface area contributed by atoms with Crippen LogP contribution in [0, 0.1) is 10.1 Å². The van der Waals surface area contributed by atoms with Crippen LogP contribution in [0.4, 0.5) is 5.69 Å². The molecule has 0 saturated carbocycles. The van der Waals surface area contributed by atoms with Gasteiger partial charge in [-0.2, -0.15) is 11.8 Å². The van der Waals surface area contributed by atoms with Gasteiger partial charge in [-0.15, -0.1) is 0 Å². The Balaban J connectivity index is 2.64. The molecular weight excluding hydrogens is 224 g/mol. The predicted octanol–water partition coefficient (Wildman–Crippen LogP) is 2.61. The highest BCUT2D eigenvalue weighted by Gasteiger charge is 2.09. The molecule has 0 radical (unpaired) electrons. The molecule has 1 N–H and O–H groups in total. The smallest absolute Gasteiger partial charge is 0.269 e. The molecule has 1 aromatic rings. The fourth-order valence-electron chi connectivity index (χ4n) is 1.40. The first-order chi connectivity index (χ1) is 7.65. The van der Waals surface area contributed by atoms with Gasteiger partial charge in [0.1, 0.15) is 0 Å². The first-order valence-corrected chi connectivity index (χ1v) is 6.51. The third-order valence-electron chi connectivity index (χ3n) is 2.34. The SMILES string of the molecule is CSCCNC(C)c1cccc([N+](=O)[O-])c1. The number of nitrogens with zero attached hydrogens (tertiary/aromatic N) is 1. The molecule has 0 amide bonds. The second-order valence-electron chi connectivity index (χ2n) is 3.52. The summed E-state index contributed by atoms with van der Waals surface area (Å²) in [6.07, 6.45) is 2.06. The average molecular weight is 240 g/mol. The molecule has 0 aliphatic carbocycles. The van der Waals surface area contributed by atoms with Crippen LogP contribution in [0.3, 0.4) is 0 Å². The molecule has 4 nitrogen and oxygen atoms in total. The Morgan fingerprint density at radius 2 is 2.31 bits per heavy atom. The average Bonchev–Trinajstić information content (AvgIpc) is 2.29. The summed E-state index contributed by atoms with van der Waals surface area (Å²) in [5.41, 5.74) is 1.10. The summed E-state index contributed by atoms with van der Waals surface area (Å²) in [6.45, 7) is 2.92. The van der Waals surface area contributed by atoms with Crippen molar-refractivity contribution >= 4 is 17.4 Å². The summed E-state index contributed by atoms with van der Waals surface area (Å²) in [7, 11) is 0. The van der Waals surface area contributed by atoms with Crippen LogP contribution in [0.5, 0.6) is 0 Å². The van der Waals surface area contributed by atoms with Gasteiger partial charge in [0.25, 0.3) is 5.69 Å². The molecule has 0 spiro atoms. The molecule has 1 aromatic carbocycles. The zero-order valence-electron chi connectivity index (χ0n) is 9.47. The maximum absolute atomic E-state index is 10.6. The summed E-state index contributed by atoms with van der Waals surface area (Å²) in [4.78, 5) is 10.3. The summed E-state index contributed by atoms with van der Waals surface area (Å²) < 4.78 is 0. The summed E-state index contributed by atoms with van der Waals surface area (Å²) in [6, 6.07) is 6.91. The van der Waals surface area contributed by atoms with Gasteiger partial charge in [0.05, 0.1) is 4.92 Å². The van der Waals surface area contributed by atoms with Crippen LogP contribution in [0.1, 0.15) is 18.5 Å². The fraction of sp³-hybridized carbons (Fsp3) is 0.455. The van der Waals surface area contributed by atoms with Gasteiger partial charge in [-0.25, -0.2) is 0 Å². The van der Waals surface area contributed by atoms with E-state index in [1.54, 1.807) is 23.9 Å². The molecule has 0 aliphatic rings. The maximum atomic E-state index is 10.6. The topological polar surface area (TPSA) is 55.2 Å². The van der Waals surface area contributed by atoms with Crippen molar-refractivity contribution in [2.45, 2.75) is 13.0 Å². The van der Waals surface area contributed by atoms with Gasteiger partial charge in [-0.05, 0) is 18.7 Å². The Morgan fingerprint density at radius 1 is 1.56 bits per heavy atom. The first kappa shape index (κ1) is 13.0. The van der Waals surface area contributed by atoms with Crippen molar-refractivity contribution in [2.24, 2.45) is 0 Å². The molecule has 0 aliphatic heterocycles. The molecule has 0 fully saturated rings. The van der Waals surface area contributed by atoms with Gasteiger partial charge in [0.15, 0.2) is 0 Å². The second kappa shape index (κ2) is 6.50. The number of thioether (sulfide) groups is 1. The number of nitro groups is 1. The zero-order valence-corrected chi connectivity index (χ0v) is 10.3. The zero-order chi connectivity index (χ0) is 12.0. The minimum absolute atomic E-state index is 0.145. The van der Waals surface area contributed by atoms with Crippen molar-refractivity contribution in [3.05, 3.63) is 39.9 Å². The lowest BCUT2D eigenvalue weighted by Crippen LogP contribution is -2.21. The van der Waals surface area contributed by atoms with Gasteiger partial charge < -0.3 is 5.32 Å². The van der Waals surface area contributed by atoms with Crippen molar-refractivity contribution in [2.75, 3.05) is 18.6 Å². The molecule has 0 aromatic heterocycles. The Labute approximate surface area is 99.6 Å². The van der Waals surface area contributed by atoms with Gasteiger partial charge in [0.2, 0.25) is 0 Å². The van der Waals surface area contributed by atoms with Crippen molar-refractivity contribution in [3.8, 4) is 0 Å². The molecule has 88 valence electrons. The van der Waals surface area contributed by atoms with E-state index < -0.39 is 0 Å². The quantitative estimate of drug-likeness (QED) is 0.472. The maximum Gasteiger partial charge on any atom is 0.269 e. The van der Waals surface area contributed by atoms with Crippen molar-refractivity contribution in [3.63, 3.8) is 0 Å². The van der Waals surface area contributed by atoms with E-state index in [4.69, 9.17) is 0 Å². The molecule has 0 bridgehead atoms. The third-order valence-corrected chi connectivity index (χ3v) is 2.95. The summed E-state index contributed by atoms with van der Waals surface area (Å²) in [5.74, 6) is 1.04. The van der Waals surface area contributed by atoms with E-state index in [0.717, 1.165) is 17.9 Å². The summed E-state index contributed by atoms with van der Waals surface area (Å²) in [5, 5.41) is 13.9. The number of hydrogen-bond acceptors (Lipinski definition) is 4. The van der Waals surface area contributed by atoms with E-state index in [0.29, 0.717) is 0 Å². The van der Waals surface area contributed by atoms with Gasteiger partial charge in [-0.3, -0.25) is 10.1 Å². The predicted molar refractivity (Wildman–Crippen MR) is 67.9 cm³/mol. The number of benzene rings is 1. The molecule has 16 heavy (non-hydrogen) atoms. The number of rotatable bonds is 6. The van der Waals surface area contributed by atoms with E-state index in [2.05, 4.69) is 11.6 Å². The van der Waals surface area contributed by atoms with Crippen molar-refractivity contribution in [1.82, 2.24) is 5.32 Å². The minimum atomic E-state index is -0.363. The second-order valence-corrected chi connectivity index (χ2v) is 4.51.